The molecule has 2 aromatic rings. The maximum Gasteiger partial charge on any atom is -0.00443 e. The fourth-order valence-electron chi connectivity index (χ4n) is 5.81. The van der Waals surface area contributed by atoms with Crippen LogP contribution < -0.4 is 0 Å². The summed E-state index contributed by atoms with van der Waals surface area (Å²) in [4.78, 5) is 0. The Balaban J connectivity index is 1.61. The molecular weight excluding hydrogens is 372 g/mol. The lowest BCUT2D eigenvalue weighted by Gasteiger charge is -2.39. The second kappa shape index (κ2) is 12.5. The predicted octanol–water partition coefficient (Wildman–Crippen LogP) is 9.30. The monoisotopic (exact) mass is 418 g/mol. The molecule has 0 atom stereocenters. The van der Waals surface area contributed by atoms with Gasteiger partial charge in [0.1, 0.15) is 0 Å². The van der Waals surface area contributed by atoms with E-state index in [4.69, 9.17) is 0 Å². The standard InChI is InChI=1S/C31H46/c1-4-6-9-13-27-14-16-28(17-15-27)18-19-29-20-21-30(26(3)25-29)31(22-10-7-5-2)23-11-8-12-24-31/h14-17,20-21,25H,4-13,18-19,22-24H2,1-3H3. The van der Waals surface area contributed by atoms with Crippen LogP contribution in [0.2, 0.25) is 0 Å². The Morgan fingerprint density at radius 1 is 0.645 bits per heavy atom. The molecule has 0 saturated heterocycles. The van der Waals surface area contributed by atoms with E-state index in [9.17, 15) is 0 Å². The van der Waals surface area contributed by atoms with E-state index < -0.39 is 0 Å². The average Bonchev–Trinajstić information content (AvgIpc) is 2.79. The molecule has 0 heterocycles. The lowest BCUT2D eigenvalue weighted by atomic mass is 9.65. The molecule has 1 saturated carbocycles. The lowest BCUT2D eigenvalue weighted by molar-refractivity contribution is 0.265. The Hall–Kier alpha value is -1.56. The summed E-state index contributed by atoms with van der Waals surface area (Å²) >= 11 is 0. The number of benzene rings is 2. The van der Waals surface area contributed by atoms with Gasteiger partial charge in [-0.15, -0.1) is 0 Å². The summed E-state index contributed by atoms with van der Waals surface area (Å²) in [6.45, 7) is 6.98. The quantitative estimate of drug-likeness (QED) is 0.301. The van der Waals surface area contributed by atoms with Crippen LogP contribution in [0.25, 0.3) is 0 Å². The lowest BCUT2D eigenvalue weighted by Crippen LogP contribution is -2.30. The van der Waals surface area contributed by atoms with E-state index in [1.165, 1.54) is 100 Å². The molecule has 0 aromatic heterocycles. The van der Waals surface area contributed by atoms with Crippen LogP contribution >= 0.6 is 0 Å². The summed E-state index contributed by atoms with van der Waals surface area (Å²) in [6.07, 6.45) is 20.1. The number of rotatable bonds is 12. The second-order valence-electron chi connectivity index (χ2n) is 10.2. The Labute approximate surface area is 192 Å². The first kappa shape index (κ1) is 24.1. The van der Waals surface area contributed by atoms with E-state index in [1.807, 2.05) is 0 Å². The molecule has 1 fully saturated rings. The zero-order chi connectivity index (χ0) is 21.9. The highest BCUT2D eigenvalue weighted by Gasteiger charge is 2.34. The van der Waals surface area contributed by atoms with Crippen molar-refractivity contribution in [1.82, 2.24) is 0 Å². The predicted molar refractivity (Wildman–Crippen MR) is 137 cm³/mol. The van der Waals surface area contributed by atoms with E-state index in [2.05, 4.69) is 63.2 Å². The van der Waals surface area contributed by atoms with Gasteiger partial charge in [-0.3, -0.25) is 0 Å². The SMILES string of the molecule is CCCCCc1ccc(CCc2ccc(C3(CCCCC)CCCCC3)c(C)c2)cc1. The van der Waals surface area contributed by atoms with Gasteiger partial charge < -0.3 is 0 Å². The molecule has 170 valence electrons. The minimum atomic E-state index is 0.462. The third-order valence-corrected chi connectivity index (χ3v) is 7.73. The molecule has 0 nitrogen and oxygen atoms in total. The van der Waals surface area contributed by atoms with E-state index >= 15 is 0 Å². The molecule has 3 rings (SSSR count). The molecule has 31 heavy (non-hydrogen) atoms. The summed E-state index contributed by atoms with van der Waals surface area (Å²) in [6, 6.07) is 16.9. The van der Waals surface area contributed by atoms with Gasteiger partial charge in [-0.25, -0.2) is 0 Å². The van der Waals surface area contributed by atoms with Crippen molar-refractivity contribution in [3.63, 3.8) is 0 Å². The molecule has 0 radical (unpaired) electrons. The van der Waals surface area contributed by atoms with Gasteiger partial charge >= 0.3 is 0 Å². The molecule has 1 aliphatic carbocycles. The van der Waals surface area contributed by atoms with E-state index in [0.29, 0.717) is 5.41 Å². The van der Waals surface area contributed by atoms with Crippen molar-refractivity contribution in [1.29, 1.82) is 0 Å². The molecular formula is C31H46. The highest BCUT2D eigenvalue weighted by Crippen LogP contribution is 2.44. The number of hydrogen-bond donors (Lipinski definition) is 0. The molecule has 0 amide bonds. The summed E-state index contributed by atoms with van der Waals surface area (Å²) < 4.78 is 0. The topological polar surface area (TPSA) is 0 Å². The first-order valence-electron chi connectivity index (χ1n) is 13.3. The minimum Gasteiger partial charge on any atom is -0.0654 e. The summed E-state index contributed by atoms with van der Waals surface area (Å²) in [5.41, 5.74) is 8.16. The second-order valence-corrected chi connectivity index (χ2v) is 10.2. The van der Waals surface area contributed by atoms with Crippen LogP contribution in [0.5, 0.6) is 0 Å². The van der Waals surface area contributed by atoms with Gasteiger partial charge in [0.15, 0.2) is 0 Å². The zero-order valence-electron chi connectivity index (χ0n) is 20.6. The molecule has 0 aliphatic heterocycles. The van der Waals surface area contributed by atoms with Crippen molar-refractivity contribution in [3.8, 4) is 0 Å². The van der Waals surface area contributed by atoms with Gasteiger partial charge in [0, 0.05) is 0 Å². The van der Waals surface area contributed by atoms with Crippen LogP contribution in [-0.4, -0.2) is 0 Å². The van der Waals surface area contributed by atoms with Crippen LogP contribution in [0.3, 0.4) is 0 Å². The Bertz CT molecular complexity index is 761. The molecule has 1 aliphatic rings. The fourth-order valence-corrected chi connectivity index (χ4v) is 5.81. The van der Waals surface area contributed by atoms with Crippen molar-refractivity contribution in [2.75, 3.05) is 0 Å². The number of aryl methyl sites for hydroxylation is 4. The third-order valence-electron chi connectivity index (χ3n) is 7.73. The smallest absolute Gasteiger partial charge is 0.00443 e. The van der Waals surface area contributed by atoms with Crippen molar-refractivity contribution in [3.05, 3.63) is 70.3 Å². The van der Waals surface area contributed by atoms with E-state index in [-0.39, 0.29) is 0 Å². The largest absolute Gasteiger partial charge is 0.0654 e. The zero-order valence-corrected chi connectivity index (χ0v) is 20.6. The molecule has 2 aromatic carbocycles. The van der Waals surface area contributed by atoms with Gasteiger partial charge in [0.05, 0.1) is 0 Å². The molecule has 0 heteroatoms. The van der Waals surface area contributed by atoms with Crippen molar-refractivity contribution < 1.29 is 0 Å². The summed E-state index contributed by atoms with van der Waals surface area (Å²) in [7, 11) is 0. The van der Waals surface area contributed by atoms with Gasteiger partial charge in [-0.2, -0.15) is 0 Å². The van der Waals surface area contributed by atoms with Crippen LogP contribution in [0, 0.1) is 6.92 Å². The summed E-state index contributed by atoms with van der Waals surface area (Å²) in [5, 5.41) is 0. The van der Waals surface area contributed by atoms with Crippen LogP contribution in [0.4, 0.5) is 0 Å². The highest BCUT2D eigenvalue weighted by molar-refractivity contribution is 5.38. The maximum atomic E-state index is 2.51. The van der Waals surface area contributed by atoms with Crippen LogP contribution in [-0.2, 0) is 24.7 Å². The Morgan fingerprint density at radius 2 is 1.23 bits per heavy atom. The highest BCUT2D eigenvalue weighted by atomic mass is 14.4. The number of unbranched alkanes of at least 4 members (excludes halogenated alkanes) is 4. The molecule has 0 spiro atoms. The van der Waals surface area contributed by atoms with Gasteiger partial charge in [-0.05, 0) is 85.1 Å². The fraction of sp³-hybridized carbons (Fsp3) is 0.613. The maximum absolute atomic E-state index is 2.51. The molecule has 0 bridgehead atoms. The summed E-state index contributed by atoms with van der Waals surface area (Å²) in [5.74, 6) is 0. The molecule has 0 N–H and O–H groups in total. The van der Waals surface area contributed by atoms with Crippen molar-refractivity contribution in [2.24, 2.45) is 0 Å². The van der Waals surface area contributed by atoms with Crippen molar-refractivity contribution >= 4 is 0 Å². The van der Waals surface area contributed by atoms with E-state index in [1.54, 1.807) is 11.1 Å². The minimum absolute atomic E-state index is 0.462. The molecule has 0 unspecified atom stereocenters. The Kier molecular flexibility index (Phi) is 9.69. The first-order valence-corrected chi connectivity index (χ1v) is 13.3. The van der Waals surface area contributed by atoms with Crippen LogP contribution in [0.15, 0.2) is 42.5 Å². The third kappa shape index (κ3) is 6.96. The van der Waals surface area contributed by atoms with Gasteiger partial charge in [0.25, 0.3) is 0 Å². The normalized spacial score (nSPS) is 15.8. The van der Waals surface area contributed by atoms with Gasteiger partial charge in [0.2, 0.25) is 0 Å². The Morgan fingerprint density at radius 3 is 1.87 bits per heavy atom. The average molecular weight is 419 g/mol. The van der Waals surface area contributed by atoms with Crippen LogP contribution in [0.1, 0.15) is 119 Å². The van der Waals surface area contributed by atoms with E-state index in [0.717, 1.165) is 12.8 Å². The van der Waals surface area contributed by atoms with Crippen molar-refractivity contribution in [2.45, 2.75) is 122 Å². The number of hydrogen-bond acceptors (Lipinski definition) is 0. The first-order chi connectivity index (χ1) is 15.2. The van der Waals surface area contributed by atoms with Gasteiger partial charge in [-0.1, -0.05) is 108 Å².